The Kier molecular flexibility index (Phi) is 15.9. The van der Waals surface area contributed by atoms with E-state index in [1.165, 1.54) is 0 Å². The normalized spacial score (nSPS) is 8.11. The molecule has 0 fully saturated rings. The number of nitrogens with one attached hydrogen (secondary N) is 1. The van der Waals surface area contributed by atoms with Crippen LogP contribution in [0.2, 0.25) is 0 Å². The van der Waals surface area contributed by atoms with Gasteiger partial charge in [-0.25, -0.2) is 9.97 Å². The number of H-pyrrole nitrogens is 1. The number of aromatic nitrogens is 6. The van der Waals surface area contributed by atoms with Gasteiger partial charge in [-0.1, -0.05) is 34.7 Å². The van der Waals surface area contributed by atoms with Crippen molar-refractivity contribution in [3.8, 4) is 0 Å². The highest BCUT2D eigenvalue weighted by atomic mass is 127. The van der Waals surface area contributed by atoms with Gasteiger partial charge in [0.2, 0.25) is 0 Å². The van der Waals surface area contributed by atoms with Crippen LogP contribution in [-0.4, -0.2) is 34.4 Å². The van der Waals surface area contributed by atoms with Crippen molar-refractivity contribution < 1.29 is 0 Å². The standard InChI is InChI=1S/2C5H5N.C4H7N3.C3H5N3.CH3I/c2*1-2-4-6-5-3-1;1-7-3-2-6-4(7)5;4-3-5-1-2-6-3;1-2/h2*1-5H;2-3H,1H3,(H2,5,6);1-2H,(H3,4,5,6);1H3. The molecule has 5 N–H and O–H groups in total. The minimum absolute atomic E-state index is 0.468. The van der Waals surface area contributed by atoms with Gasteiger partial charge in [-0.05, 0) is 29.2 Å². The number of hydrogen-bond acceptors (Lipinski definition) is 6. The van der Waals surface area contributed by atoms with Crippen LogP contribution in [0.4, 0.5) is 11.9 Å². The van der Waals surface area contributed by atoms with Crippen LogP contribution in [0.5, 0.6) is 0 Å². The highest BCUT2D eigenvalue weighted by Crippen LogP contribution is 1.90. The van der Waals surface area contributed by atoms with Crippen LogP contribution in [0.3, 0.4) is 0 Å². The molecule has 4 aromatic rings. The van der Waals surface area contributed by atoms with Crippen molar-refractivity contribution in [3.63, 3.8) is 0 Å². The number of rotatable bonds is 0. The molecule has 0 aliphatic heterocycles. The number of anilines is 2. The van der Waals surface area contributed by atoms with Crippen LogP contribution < -0.4 is 11.5 Å². The van der Waals surface area contributed by atoms with E-state index in [2.05, 4.69) is 47.5 Å². The number of hydrogen-bond donors (Lipinski definition) is 3. The lowest BCUT2D eigenvalue weighted by Crippen LogP contribution is -1.94. The quantitative estimate of drug-likeness (QED) is 0.262. The summed E-state index contributed by atoms with van der Waals surface area (Å²) in [4.78, 5) is 19.6. The van der Waals surface area contributed by atoms with Crippen molar-refractivity contribution in [2.45, 2.75) is 0 Å². The molecule has 8 nitrogen and oxygen atoms in total. The zero-order valence-electron chi connectivity index (χ0n) is 15.4. The van der Waals surface area contributed by atoms with Gasteiger partial charge in [-0.3, -0.25) is 9.97 Å². The maximum absolute atomic E-state index is 5.29. The van der Waals surface area contributed by atoms with Gasteiger partial charge < -0.3 is 21.0 Å². The smallest absolute Gasteiger partial charge is 0.199 e. The Morgan fingerprint density at radius 3 is 1.41 bits per heavy atom. The molecule has 0 saturated carbocycles. The second-order valence-electron chi connectivity index (χ2n) is 4.42. The average Bonchev–Trinajstić information content (AvgIpc) is 3.38. The van der Waals surface area contributed by atoms with Gasteiger partial charge in [0.25, 0.3) is 0 Å². The van der Waals surface area contributed by atoms with Crippen LogP contribution in [0.15, 0.2) is 86.0 Å². The number of nitrogens with zero attached hydrogens (tertiary/aromatic N) is 5. The van der Waals surface area contributed by atoms with E-state index in [0.717, 1.165) is 0 Å². The zero-order valence-corrected chi connectivity index (χ0v) is 17.5. The Bertz CT molecular complexity index is 644. The molecule has 4 rings (SSSR count). The summed E-state index contributed by atoms with van der Waals surface area (Å²) in [5, 5.41) is 0. The van der Waals surface area contributed by atoms with E-state index in [4.69, 9.17) is 11.5 Å². The predicted molar refractivity (Wildman–Crippen MR) is 119 cm³/mol. The minimum atomic E-state index is 0.468. The summed E-state index contributed by atoms with van der Waals surface area (Å²) in [6.45, 7) is 0. The van der Waals surface area contributed by atoms with Crippen molar-refractivity contribution in [1.82, 2.24) is 29.5 Å². The van der Waals surface area contributed by atoms with Crippen LogP contribution in [0, 0.1) is 0 Å². The summed E-state index contributed by atoms with van der Waals surface area (Å²) < 4.78 is 1.75. The topological polar surface area (TPSA) is 124 Å². The molecular weight excluding hydrogens is 455 g/mol. The first-order valence-electron chi connectivity index (χ1n) is 7.75. The fraction of sp³-hybridized carbons (Fsp3) is 0.111. The zero-order chi connectivity index (χ0) is 20.2. The van der Waals surface area contributed by atoms with Crippen LogP contribution >= 0.6 is 22.6 Å². The molecular formula is C18H25IN8. The fourth-order valence-electron chi connectivity index (χ4n) is 1.28. The van der Waals surface area contributed by atoms with Gasteiger partial charge in [0.05, 0.1) is 0 Å². The van der Waals surface area contributed by atoms with E-state index in [-0.39, 0.29) is 0 Å². The Balaban J connectivity index is 0.000000324. The lowest BCUT2D eigenvalue weighted by molar-refractivity contribution is 0.930. The number of nitrogens with two attached hydrogens (primary N) is 2. The summed E-state index contributed by atoms with van der Waals surface area (Å²) in [7, 11) is 1.85. The van der Waals surface area contributed by atoms with Gasteiger partial charge in [0.15, 0.2) is 11.9 Å². The molecule has 0 aliphatic carbocycles. The molecule has 4 aromatic heterocycles. The monoisotopic (exact) mass is 480 g/mol. The summed E-state index contributed by atoms with van der Waals surface area (Å²) >= 11 is 2.15. The second-order valence-corrected chi connectivity index (χ2v) is 4.42. The summed E-state index contributed by atoms with van der Waals surface area (Å²) in [5.74, 6) is 1.02. The Labute approximate surface area is 173 Å². The molecule has 0 aromatic carbocycles. The highest BCUT2D eigenvalue weighted by molar-refractivity contribution is 14.1. The van der Waals surface area contributed by atoms with Crippen molar-refractivity contribution >= 4 is 34.5 Å². The number of pyridine rings is 2. The van der Waals surface area contributed by atoms with E-state index < -0.39 is 0 Å². The molecule has 0 radical (unpaired) electrons. The lowest BCUT2D eigenvalue weighted by atomic mass is 10.5. The molecule has 0 bridgehead atoms. The van der Waals surface area contributed by atoms with E-state index in [0.29, 0.717) is 11.9 Å². The molecule has 0 unspecified atom stereocenters. The minimum Gasteiger partial charge on any atom is -0.369 e. The number of nitrogen functional groups attached to an aromatic ring is 2. The van der Waals surface area contributed by atoms with Crippen LogP contribution in [-0.2, 0) is 7.05 Å². The van der Waals surface area contributed by atoms with Gasteiger partial charge >= 0.3 is 0 Å². The Morgan fingerprint density at radius 1 is 0.778 bits per heavy atom. The van der Waals surface area contributed by atoms with E-state index >= 15 is 0 Å². The fourth-order valence-corrected chi connectivity index (χ4v) is 1.28. The molecule has 0 aliphatic rings. The maximum Gasteiger partial charge on any atom is 0.199 e. The molecule has 9 heteroatoms. The van der Waals surface area contributed by atoms with Gasteiger partial charge in [0, 0.05) is 56.6 Å². The number of halogens is 1. The summed E-state index contributed by atoms with van der Waals surface area (Å²) in [6.07, 6.45) is 13.7. The molecule has 144 valence electrons. The van der Waals surface area contributed by atoms with Crippen molar-refractivity contribution in [2.75, 3.05) is 16.4 Å². The van der Waals surface area contributed by atoms with Gasteiger partial charge in [0.1, 0.15) is 0 Å². The first kappa shape index (κ1) is 24.1. The predicted octanol–water partition coefficient (Wildman–Crippen LogP) is 3.21. The molecule has 0 spiro atoms. The molecule has 0 amide bonds. The third kappa shape index (κ3) is 15.1. The van der Waals surface area contributed by atoms with Crippen molar-refractivity contribution in [2.24, 2.45) is 7.05 Å². The van der Waals surface area contributed by atoms with Crippen molar-refractivity contribution in [3.05, 3.63) is 86.0 Å². The number of aromatic amines is 1. The Hall–Kier alpha value is -2.95. The number of aryl methyl sites for hydroxylation is 1. The third-order valence-electron chi connectivity index (χ3n) is 2.51. The van der Waals surface area contributed by atoms with Crippen molar-refractivity contribution in [1.29, 1.82) is 0 Å². The molecule has 0 atom stereocenters. The van der Waals surface area contributed by atoms with Crippen LogP contribution in [0.25, 0.3) is 0 Å². The summed E-state index contributed by atoms with van der Waals surface area (Å²) in [6, 6.07) is 11.4. The lowest BCUT2D eigenvalue weighted by Gasteiger charge is -1.87. The van der Waals surface area contributed by atoms with Gasteiger partial charge in [-0.15, -0.1) is 0 Å². The first-order chi connectivity index (χ1) is 13.2. The van der Waals surface area contributed by atoms with E-state index in [1.807, 2.05) is 48.4 Å². The summed E-state index contributed by atoms with van der Waals surface area (Å²) in [5.41, 5.74) is 10.4. The highest BCUT2D eigenvalue weighted by Gasteiger charge is 1.84. The molecule has 27 heavy (non-hydrogen) atoms. The molecule has 4 heterocycles. The Morgan fingerprint density at radius 2 is 1.30 bits per heavy atom. The number of imidazole rings is 2. The van der Waals surface area contributed by atoms with Crippen LogP contribution in [0.1, 0.15) is 0 Å². The largest absolute Gasteiger partial charge is 0.369 e. The maximum atomic E-state index is 5.29. The SMILES string of the molecule is CI.Cn1ccnc1N.Nc1ncc[nH]1.c1ccncc1.c1ccncc1. The van der Waals surface area contributed by atoms with Gasteiger partial charge in [-0.2, -0.15) is 0 Å². The third-order valence-corrected chi connectivity index (χ3v) is 2.51. The average molecular weight is 480 g/mol. The van der Waals surface area contributed by atoms with E-state index in [9.17, 15) is 0 Å². The molecule has 0 saturated heterocycles. The van der Waals surface area contributed by atoms with E-state index in [1.54, 1.807) is 54.1 Å². The number of alkyl halides is 1. The first-order valence-corrected chi connectivity index (χ1v) is 9.91. The second kappa shape index (κ2) is 17.9.